The Morgan fingerprint density at radius 2 is 2.22 bits per heavy atom. The van der Waals surface area contributed by atoms with E-state index >= 15 is 0 Å². The van der Waals surface area contributed by atoms with Gasteiger partial charge in [0.25, 0.3) is 0 Å². The van der Waals surface area contributed by atoms with Crippen LogP contribution in [0, 0.1) is 16.7 Å². The molecule has 2 fully saturated rings. The van der Waals surface area contributed by atoms with Gasteiger partial charge in [-0.1, -0.05) is 20.8 Å². The van der Waals surface area contributed by atoms with Crippen molar-refractivity contribution in [1.82, 2.24) is 15.1 Å². The summed E-state index contributed by atoms with van der Waals surface area (Å²) in [5.74, 6) is 0.911. The Morgan fingerprint density at radius 3 is 2.78 bits per heavy atom. The van der Waals surface area contributed by atoms with Gasteiger partial charge in [-0.15, -0.1) is 0 Å². The zero-order chi connectivity index (χ0) is 13.0. The Hall–Kier alpha value is -0.830. The van der Waals surface area contributed by atoms with Crippen molar-refractivity contribution in [2.24, 2.45) is 23.8 Å². The van der Waals surface area contributed by atoms with Gasteiger partial charge in [0.05, 0.1) is 6.20 Å². The van der Waals surface area contributed by atoms with Crippen molar-refractivity contribution in [2.45, 2.75) is 52.6 Å². The molecule has 2 saturated carbocycles. The molecule has 100 valence electrons. The smallest absolute Gasteiger partial charge is 0.0534 e. The highest BCUT2D eigenvalue weighted by atomic mass is 15.2. The van der Waals surface area contributed by atoms with Crippen LogP contribution in [0.4, 0.5) is 0 Å². The second-order valence-corrected chi connectivity index (χ2v) is 7.25. The first kappa shape index (κ1) is 12.2. The quantitative estimate of drug-likeness (QED) is 0.890. The van der Waals surface area contributed by atoms with Gasteiger partial charge >= 0.3 is 0 Å². The second-order valence-electron chi connectivity index (χ2n) is 7.25. The number of hydrogen-bond donors (Lipinski definition) is 1. The van der Waals surface area contributed by atoms with Crippen LogP contribution in [0.25, 0.3) is 0 Å². The molecule has 3 nitrogen and oxygen atoms in total. The van der Waals surface area contributed by atoms with Crippen molar-refractivity contribution < 1.29 is 0 Å². The van der Waals surface area contributed by atoms with E-state index in [1.165, 1.54) is 24.8 Å². The van der Waals surface area contributed by atoms with Gasteiger partial charge in [0.2, 0.25) is 0 Å². The minimum atomic E-state index is 0.440. The van der Waals surface area contributed by atoms with Crippen molar-refractivity contribution in [3.8, 4) is 0 Å². The maximum Gasteiger partial charge on any atom is 0.0534 e. The molecule has 1 aromatic heterocycles. The highest BCUT2D eigenvalue weighted by molar-refractivity contribution is 5.13. The SMILES string of the molecule is Cn1cc(CNC2C(C)(C)[C@H]3CC[C@]2(C)C3)cn1. The summed E-state index contributed by atoms with van der Waals surface area (Å²) in [7, 11) is 1.98. The molecule has 1 unspecified atom stereocenters. The maximum absolute atomic E-state index is 4.24. The summed E-state index contributed by atoms with van der Waals surface area (Å²) in [5, 5.41) is 8.06. The van der Waals surface area contributed by atoms with E-state index in [0.29, 0.717) is 16.9 Å². The van der Waals surface area contributed by atoms with Crippen molar-refractivity contribution >= 4 is 0 Å². The van der Waals surface area contributed by atoms with Crippen LogP contribution in [0.2, 0.25) is 0 Å². The third-order valence-electron chi connectivity index (χ3n) is 5.54. The standard InChI is InChI=1S/C15H25N3/c1-14(2)12-5-6-15(3,7-12)13(14)16-8-11-9-17-18(4)10-11/h9-10,12-13,16H,5-8H2,1-4H3/t12-,13?,15+/m0/s1. The van der Waals surface area contributed by atoms with Crippen molar-refractivity contribution in [3.05, 3.63) is 18.0 Å². The number of nitrogens with one attached hydrogen (secondary N) is 1. The second kappa shape index (κ2) is 3.83. The van der Waals surface area contributed by atoms with Crippen LogP contribution in [0.5, 0.6) is 0 Å². The number of aryl methyl sites for hydroxylation is 1. The van der Waals surface area contributed by atoms with Gasteiger partial charge in [-0.2, -0.15) is 5.10 Å². The third kappa shape index (κ3) is 1.71. The van der Waals surface area contributed by atoms with Crippen LogP contribution >= 0.6 is 0 Å². The number of rotatable bonds is 3. The average molecular weight is 247 g/mol. The molecular formula is C15H25N3. The molecule has 3 rings (SSSR count). The molecule has 1 N–H and O–H groups in total. The fourth-order valence-corrected chi connectivity index (χ4v) is 4.59. The minimum Gasteiger partial charge on any atom is -0.309 e. The number of fused-ring (bicyclic) bond motifs is 2. The molecule has 3 atom stereocenters. The molecule has 18 heavy (non-hydrogen) atoms. The predicted molar refractivity (Wildman–Crippen MR) is 73.1 cm³/mol. The zero-order valence-electron chi connectivity index (χ0n) is 12.0. The predicted octanol–water partition coefficient (Wildman–Crippen LogP) is 2.72. The molecule has 0 aromatic carbocycles. The first-order chi connectivity index (χ1) is 8.42. The van der Waals surface area contributed by atoms with Crippen molar-refractivity contribution in [3.63, 3.8) is 0 Å². The zero-order valence-corrected chi connectivity index (χ0v) is 12.0. The Bertz CT molecular complexity index is 444. The molecular weight excluding hydrogens is 222 g/mol. The van der Waals surface area contributed by atoms with Crippen LogP contribution in [0.1, 0.15) is 45.6 Å². The Morgan fingerprint density at radius 1 is 1.44 bits per heavy atom. The fourth-order valence-electron chi connectivity index (χ4n) is 4.59. The molecule has 1 aromatic rings. The van der Waals surface area contributed by atoms with E-state index in [2.05, 4.69) is 37.4 Å². The normalized spacial score (nSPS) is 37.3. The number of hydrogen-bond acceptors (Lipinski definition) is 2. The van der Waals surface area contributed by atoms with Crippen molar-refractivity contribution in [2.75, 3.05) is 0 Å². The summed E-state index contributed by atoms with van der Waals surface area (Å²) >= 11 is 0. The average Bonchev–Trinajstić information content (AvgIpc) is 2.89. The number of nitrogens with zero attached hydrogens (tertiary/aromatic N) is 2. The van der Waals surface area contributed by atoms with Gasteiger partial charge in [0.15, 0.2) is 0 Å². The third-order valence-corrected chi connectivity index (χ3v) is 5.54. The fraction of sp³-hybridized carbons (Fsp3) is 0.800. The highest BCUT2D eigenvalue weighted by Gasteiger charge is 2.58. The van der Waals surface area contributed by atoms with Gasteiger partial charge < -0.3 is 5.32 Å². The van der Waals surface area contributed by atoms with Crippen LogP contribution in [0.3, 0.4) is 0 Å². The Labute approximate surface area is 110 Å². The van der Waals surface area contributed by atoms with Crippen molar-refractivity contribution in [1.29, 1.82) is 0 Å². The van der Waals surface area contributed by atoms with Gasteiger partial charge in [0.1, 0.15) is 0 Å². The summed E-state index contributed by atoms with van der Waals surface area (Å²) in [5.41, 5.74) is 2.24. The van der Waals surface area contributed by atoms with E-state index in [1.54, 1.807) is 0 Å². The Balaban J connectivity index is 1.72. The molecule has 0 saturated heterocycles. The van der Waals surface area contributed by atoms with Gasteiger partial charge in [-0.25, -0.2) is 0 Å². The van der Waals surface area contributed by atoms with E-state index in [4.69, 9.17) is 0 Å². The summed E-state index contributed by atoms with van der Waals surface area (Å²) in [6, 6.07) is 0.643. The lowest BCUT2D eigenvalue weighted by atomic mass is 9.68. The lowest BCUT2D eigenvalue weighted by Crippen LogP contribution is -2.49. The summed E-state index contributed by atoms with van der Waals surface area (Å²) in [6.45, 7) is 8.32. The molecule has 2 aliphatic rings. The Kier molecular flexibility index (Phi) is 2.60. The summed E-state index contributed by atoms with van der Waals surface area (Å²) < 4.78 is 1.88. The number of aromatic nitrogens is 2. The molecule has 0 radical (unpaired) electrons. The van der Waals surface area contributed by atoms with Crippen LogP contribution in [0.15, 0.2) is 12.4 Å². The van der Waals surface area contributed by atoms with Crippen LogP contribution in [-0.4, -0.2) is 15.8 Å². The lowest BCUT2D eigenvalue weighted by molar-refractivity contribution is 0.108. The molecule has 0 spiro atoms. The molecule has 2 bridgehead atoms. The van der Waals surface area contributed by atoms with E-state index in [1.807, 2.05) is 17.9 Å². The highest BCUT2D eigenvalue weighted by Crippen LogP contribution is 2.62. The maximum atomic E-state index is 4.24. The first-order valence-corrected chi connectivity index (χ1v) is 7.13. The minimum absolute atomic E-state index is 0.440. The molecule has 3 heteroatoms. The van der Waals surface area contributed by atoms with E-state index < -0.39 is 0 Å². The molecule has 1 heterocycles. The first-order valence-electron chi connectivity index (χ1n) is 7.13. The van der Waals surface area contributed by atoms with Crippen LogP contribution in [-0.2, 0) is 13.6 Å². The van der Waals surface area contributed by atoms with E-state index in [9.17, 15) is 0 Å². The molecule has 2 aliphatic carbocycles. The topological polar surface area (TPSA) is 29.9 Å². The van der Waals surface area contributed by atoms with Crippen LogP contribution < -0.4 is 5.32 Å². The van der Waals surface area contributed by atoms with Gasteiger partial charge in [0, 0.05) is 31.4 Å². The monoisotopic (exact) mass is 247 g/mol. The van der Waals surface area contributed by atoms with E-state index in [0.717, 1.165) is 12.5 Å². The van der Waals surface area contributed by atoms with Gasteiger partial charge in [-0.3, -0.25) is 4.68 Å². The largest absolute Gasteiger partial charge is 0.309 e. The molecule has 0 amide bonds. The summed E-state index contributed by atoms with van der Waals surface area (Å²) in [6.07, 6.45) is 8.30. The van der Waals surface area contributed by atoms with Gasteiger partial charge in [-0.05, 0) is 36.0 Å². The summed E-state index contributed by atoms with van der Waals surface area (Å²) in [4.78, 5) is 0. The molecule has 0 aliphatic heterocycles. The van der Waals surface area contributed by atoms with E-state index in [-0.39, 0.29) is 0 Å². The lowest BCUT2D eigenvalue weighted by Gasteiger charge is -2.43.